The summed E-state index contributed by atoms with van der Waals surface area (Å²) < 4.78 is 2.76. The Morgan fingerprint density at radius 2 is 0.935 bits per heavy atom. The van der Waals surface area contributed by atoms with Crippen LogP contribution in [0.15, 0.2) is 109 Å². The van der Waals surface area contributed by atoms with Gasteiger partial charge < -0.3 is 0 Å². The topological polar surface area (TPSA) is 0 Å². The summed E-state index contributed by atoms with van der Waals surface area (Å²) in [6.07, 6.45) is 11.2. The molecule has 10 rings (SSSR count). The van der Waals surface area contributed by atoms with Crippen molar-refractivity contribution in [3.63, 3.8) is 0 Å². The van der Waals surface area contributed by atoms with E-state index in [-0.39, 0.29) is 0 Å². The van der Waals surface area contributed by atoms with Gasteiger partial charge in [-0.3, -0.25) is 0 Å². The average molecular weight is 609 g/mol. The third-order valence-electron chi connectivity index (χ3n) is 11.0. The third-order valence-corrected chi connectivity index (χ3v) is 12.3. The minimum absolute atomic E-state index is 1.03. The fraction of sp³-hybridized carbons (Fsp3) is 0.200. The van der Waals surface area contributed by atoms with Gasteiger partial charge in [-0.25, -0.2) is 0 Å². The van der Waals surface area contributed by atoms with Gasteiger partial charge in [0, 0.05) is 25.7 Å². The zero-order chi connectivity index (χ0) is 30.2. The van der Waals surface area contributed by atoms with Gasteiger partial charge in [0.15, 0.2) is 0 Å². The maximum absolute atomic E-state index is 2.49. The van der Waals surface area contributed by atoms with E-state index in [4.69, 9.17) is 0 Å². The van der Waals surface area contributed by atoms with E-state index in [1.54, 1.807) is 22.3 Å². The Morgan fingerprint density at radius 3 is 1.72 bits per heavy atom. The van der Waals surface area contributed by atoms with Gasteiger partial charge in [0.2, 0.25) is 0 Å². The molecule has 3 aliphatic rings. The van der Waals surface area contributed by atoms with Gasteiger partial charge in [0.05, 0.1) is 0 Å². The molecule has 0 atom stereocenters. The Kier molecular flexibility index (Phi) is 6.13. The van der Waals surface area contributed by atoms with Crippen LogP contribution in [-0.2, 0) is 32.1 Å². The fourth-order valence-electron chi connectivity index (χ4n) is 8.56. The first-order valence-corrected chi connectivity index (χ1v) is 18.0. The highest BCUT2D eigenvalue weighted by Crippen LogP contribution is 2.46. The lowest BCUT2D eigenvalue weighted by atomic mass is 9.88. The predicted molar refractivity (Wildman–Crippen MR) is 197 cm³/mol. The molecule has 46 heavy (non-hydrogen) atoms. The zero-order valence-electron chi connectivity index (χ0n) is 26.2. The van der Waals surface area contributed by atoms with Gasteiger partial charge in [0.25, 0.3) is 0 Å². The molecule has 0 unspecified atom stereocenters. The highest BCUT2D eigenvalue weighted by atomic mass is 32.1. The standard InChI is InChI=1S/C45H36S/c1-3-9-30-21-32(15-13-28(30)7-1)34-19-20-44-42(24-34)43-27-38(33-16-14-29-8-2-4-10-31(29)22-33)26-41(45(43)46-44)37-18-17-36-23-35-11-5-6-12-39(35)40(36)25-37/h5-6,11-22,24-27H,1-4,7-10,23H2. The minimum Gasteiger partial charge on any atom is -0.135 e. The van der Waals surface area contributed by atoms with Crippen LogP contribution < -0.4 is 0 Å². The Labute approximate surface area is 275 Å². The maximum Gasteiger partial charge on any atom is 0.0434 e. The zero-order valence-corrected chi connectivity index (χ0v) is 27.0. The van der Waals surface area contributed by atoms with Crippen LogP contribution in [0.2, 0.25) is 0 Å². The maximum atomic E-state index is 2.49. The molecule has 7 aromatic rings. The highest BCUT2D eigenvalue weighted by Gasteiger charge is 2.21. The Balaban J connectivity index is 1.18. The lowest BCUT2D eigenvalue weighted by Gasteiger charge is -2.17. The van der Waals surface area contributed by atoms with E-state index < -0.39 is 0 Å². The molecule has 0 saturated carbocycles. The summed E-state index contributed by atoms with van der Waals surface area (Å²) in [7, 11) is 0. The van der Waals surface area contributed by atoms with Gasteiger partial charge in [-0.2, -0.15) is 0 Å². The van der Waals surface area contributed by atoms with E-state index in [1.165, 1.54) is 127 Å². The molecule has 0 N–H and O–H groups in total. The SMILES string of the molecule is c1ccc2c(c1)Cc1ccc(-c3cc(-c4ccc5c(c4)CCCC5)cc4c3sc3ccc(-c5ccc6c(c5)CCCC6)cc34)cc1-2. The summed E-state index contributed by atoms with van der Waals surface area (Å²) in [6, 6.07) is 42.8. The van der Waals surface area contributed by atoms with Crippen molar-refractivity contribution in [3.8, 4) is 44.5 Å². The van der Waals surface area contributed by atoms with Crippen LogP contribution in [0.1, 0.15) is 59.1 Å². The Morgan fingerprint density at radius 1 is 0.370 bits per heavy atom. The van der Waals surface area contributed by atoms with E-state index in [1.807, 2.05) is 11.3 Å². The number of aryl methyl sites for hydroxylation is 4. The molecule has 0 bridgehead atoms. The van der Waals surface area contributed by atoms with Crippen molar-refractivity contribution in [2.75, 3.05) is 0 Å². The van der Waals surface area contributed by atoms with Crippen molar-refractivity contribution >= 4 is 31.5 Å². The van der Waals surface area contributed by atoms with Crippen molar-refractivity contribution in [2.24, 2.45) is 0 Å². The van der Waals surface area contributed by atoms with E-state index in [2.05, 4.69) is 109 Å². The minimum atomic E-state index is 1.03. The lowest BCUT2D eigenvalue weighted by Crippen LogP contribution is -2.02. The number of hydrogen-bond donors (Lipinski definition) is 0. The molecular formula is C45H36S. The van der Waals surface area contributed by atoms with Crippen LogP contribution in [0.4, 0.5) is 0 Å². The first-order chi connectivity index (χ1) is 22.7. The van der Waals surface area contributed by atoms with Gasteiger partial charge in [0.1, 0.15) is 0 Å². The quantitative estimate of drug-likeness (QED) is 0.187. The van der Waals surface area contributed by atoms with Crippen LogP contribution in [0.25, 0.3) is 64.7 Å². The van der Waals surface area contributed by atoms with Crippen molar-refractivity contribution in [1.82, 2.24) is 0 Å². The average Bonchev–Trinajstić information content (AvgIpc) is 3.68. The number of rotatable bonds is 3. The molecule has 0 nitrogen and oxygen atoms in total. The smallest absolute Gasteiger partial charge is 0.0434 e. The highest BCUT2D eigenvalue weighted by molar-refractivity contribution is 7.26. The molecule has 0 fully saturated rings. The van der Waals surface area contributed by atoms with Crippen molar-refractivity contribution in [2.45, 2.75) is 57.8 Å². The molecule has 0 radical (unpaired) electrons. The molecule has 1 aromatic heterocycles. The van der Waals surface area contributed by atoms with Gasteiger partial charge >= 0.3 is 0 Å². The fourth-order valence-corrected chi connectivity index (χ4v) is 9.76. The molecule has 0 amide bonds. The summed E-state index contributed by atoms with van der Waals surface area (Å²) in [5.41, 5.74) is 19.9. The Bertz CT molecular complexity index is 2350. The summed E-state index contributed by atoms with van der Waals surface area (Å²) >= 11 is 1.96. The van der Waals surface area contributed by atoms with Gasteiger partial charge in [-0.15, -0.1) is 11.3 Å². The summed E-state index contributed by atoms with van der Waals surface area (Å²) in [5, 5.41) is 2.76. The second-order valence-corrected chi connectivity index (χ2v) is 14.9. The molecule has 3 aliphatic carbocycles. The molecule has 1 heteroatoms. The van der Waals surface area contributed by atoms with Crippen LogP contribution >= 0.6 is 11.3 Å². The third kappa shape index (κ3) is 4.32. The first kappa shape index (κ1) is 26.7. The number of thiophene rings is 1. The van der Waals surface area contributed by atoms with Crippen molar-refractivity contribution in [1.29, 1.82) is 0 Å². The van der Waals surface area contributed by atoms with Crippen LogP contribution in [-0.4, -0.2) is 0 Å². The van der Waals surface area contributed by atoms with Crippen molar-refractivity contribution in [3.05, 3.63) is 143 Å². The lowest BCUT2D eigenvalue weighted by molar-refractivity contribution is 0.686. The second-order valence-electron chi connectivity index (χ2n) is 13.8. The molecule has 6 aromatic carbocycles. The summed E-state index contributed by atoms with van der Waals surface area (Å²) in [6.45, 7) is 0. The molecule has 222 valence electrons. The first-order valence-electron chi connectivity index (χ1n) is 17.2. The molecule has 0 spiro atoms. The van der Waals surface area contributed by atoms with Crippen LogP contribution in [0.3, 0.4) is 0 Å². The van der Waals surface area contributed by atoms with Gasteiger partial charge in [-0.05, 0) is 160 Å². The molecule has 1 heterocycles. The predicted octanol–water partition coefficient (Wildman–Crippen LogP) is 12.4. The summed E-state index contributed by atoms with van der Waals surface area (Å²) in [4.78, 5) is 0. The largest absolute Gasteiger partial charge is 0.135 e. The number of benzene rings is 6. The summed E-state index contributed by atoms with van der Waals surface area (Å²) in [5.74, 6) is 0. The van der Waals surface area contributed by atoms with Crippen molar-refractivity contribution < 1.29 is 0 Å². The molecular weight excluding hydrogens is 573 g/mol. The molecule has 0 saturated heterocycles. The second kappa shape index (κ2) is 10.5. The van der Waals surface area contributed by atoms with E-state index in [0.29, 0.717) is 0 Å². The van der Waals surface area contributed by atoms with E-state index >= 15 is 0 Å². The monoisotopic (exact) mass is 608 g/mol. The molecule has 0 aliphatic heterocycles. The van der Waals surface area contributed by atoms with Crippen LogP contribution in [0, 0.1) is 0 Å². The number of hydrogen-bond acceptors (Lipinski definition) is 1. The van der Waals surface area contributed by atoms with E-state index in [9.17, 15) is 0 Å². The number of fused-ring (bicyclic) bond motifs is 8. The van der Waals surface area contributed by atoms with Gasteiger partial charge in [-0.1, -0.05) is 78.9 Å². The van der Waals surface area contributed by atoms with E-state index in [0.717, 1.165) is 6.42 Å². The Hall–Kier alpha value is -4.46. The van der Waals surface area contributed by atoms with Crippen LogP contribution in [0.5, 0.6) is 0 Å². The normalized spacial score (nSPS) is 15.0.